The Morgan fingerprint density at radius 3 is 2.24 bits per heavy atom. The van der Waals surface area contributed by atoms with Crippen LogP contribution in [0.1, 0.15) is 11.1 Å². The molecule has 0 saturated carbocycles. The van der Waals surface area contributed by atoms with Crippen LogP contribution in [0, 0.1) is 25.5 Å². The van der Waals surface area contributed by atoms with Gasteiger partial charge in [0.15, 0.2) is 0 Å². The van der Waals surface area contributed by atoms with Gasteiger partial charge in [-0.05, 0) is 31.5 Å². The first-order valence-corrected chi connectivity index (χ1v) is 5.01. The molecule has 0 saturated heterocycles. The van der Waals surface area contributed by atoms with E-state index in [1.165, 1.54) is 12.1 Å². The molecule has 1 aromatic heterocycles. The lowest BCUT2D eigenvalue weighted by Gasteiger charge is -2.06. The van der Waals surface area contributed by atoms with Crippen molar-refractivity contribution in [1.82, 2.24) is 10.2 Å². The second kappa shape index (κ2) is 4.08. The van der Waals surface area contributed by atoms with E-state index in [-0.39, 0.29) is 5.56 Å². The zero-order valence-electron chi connectivity index (χ0n) is 9.34. The maximum absolute atomic E-state index is 13.1. The summed E-state index contributed by atoms with van der Waals surface area (Å²) in [7, 11) is 0. The van der Waals surface area contributed by atoms with E-state index in [0.717, 1.165) is 6.07 Å². The highest BCUT2D eigenvalue weighted by Crippen LogP contribution is 2.22. The third kappa shape index (κ3) is 2.08. The lowest BCUT2D eigenvalue weighted by Crippen LogP contribution is -2.14. The number of nitrogens with zero attached hydrogens (tertiary/aromatic N) is 1. The minimum atomic E-state index is -0.676. The number of H-pyrrole nitrogens is 1. The van der Waals surface area contributed by atoms with Crippen molar-refractivity contribution >= 4 is 0 Å². The molecule has 3 nitrogen and oxygen atoms in total. The SMILES string of the molecule is Cc1c(-c2cc(F)cc(F)c2)n[nH]c(=O)c1C. The highest BCUT2D eigenvalue weighted by atomic mass is 19.1. The Kier molecular flexibility index (Phi) is 2.75. The quantitative estimate of drug-likeness (QED) is 0.826. The van der Waals surface area contributed by atoms with E-state index in [1.807, 2.05) is 0 Å². The number of hydrogen-bond acceptors (Lipinski definition) is 2. The molecule has 0 fully saturated rings. The molecule has 1 aromatic carbocycles. The van der Waals surface area contributed by atoms with Crippen molar-refractivity contribution in [2.24, 2.45) is 0 Å². The van der Waals surface area contributed by atoms with Crippen LogP contribution in [0.25, 0.3) is 11.3 Å². The normalized spacial score (nSPS) is 10.6. The molecule has 0 atom stereocenters. The van der Waals surface area contributed by atoms with Gasteiger partial charge in [-0.25, -0.2) is 13.9 Å². The highest BCUT2D eigenvalue weighted by Gasteiger charge is 2.10. The average molecular weight is 236 g/mol. The topological polar surface area (TPSA) is 45.8 Å². The van der Waals surface area contributed by atoms with Gasteiger partial charge >= 0.3 is 0 Å². The molecule has 0 radical (unpaired) electrons. The van der Waals surface area contributed by atoms with Crippen molar-refractivity contribution in [1.29, 1.82) is 0 Å². The summed E-state index contributed by atoms with van der Waals surface area (Å²) in [6.07, 6.45) is 0. The van der Waals surface area contributed by atoms with E-state index in [1.54, 1.807) is 13.8 Å². The molecule has 2 aromatic rings. The summed E-state index contributed by atoms with van der Waals surface area (Å²) in [5.41, 5.74) is 1.47. The summed E-state index contributed by atoms with van der Waals surface area (Å²) in [6, 6.07) is 3.14. The van der Waals surface area contributed by atoms with Crippen LogP contribution in [0.5, 0.6) is 0 Å². The molecule has 88 valence electrons. The molecule has 0 aliphatic carbocycles. The summed E-state index contributed by atoms with van der Waals surface area (Å²) in [6.45, 7) is 3.32. The largest absolute Gasteiger partial charge is 0.268 e. The van der Waals surface area contributed by atoms with Crippen LogP contribution in [0.3, 0.4) is 0 Å². The van der Waals surface area contributed by atoms with E-state index < -0.39 is 11.6 Å². The Morgan fingerprint density at radius 1 is 1.06 bits per heavy atom. The maximum atomic E-state index is 13.1. The monoisotopic (exact) mass is 236 g/mol. The van der Waals surface area contributed by atoms with Gasteiger partial charge in [0, 0.05) is 17.2 Å². The molecular weight excluding hydrogens is 226 g/mol. The van der Waals surface area contributed by atoms with Crippen LogP contribution in [-0.2, 0) is 0 Å². The summed E-state index contributed by atoms with van der Waals surface area (Å²) >= 11 is 0. The summed E-state index contributed by atoms with van der Waals surface area (Å²) in [5, 5.41) is 6.12. The van der Waals surface area contributed by atoms with Crippen molar-refractivity contribution in [3.05, 3.63) is 51.3 Å². The molecule has 2 rings (SSSR count). The lowest BCUT2D eigenvalue weighted by molar-refractivity contribution is 0.584. The van der Waals surface area contributed by atoms with Gasteiger partial charge in [0.25, 0.3) is 5.56 Å². The van der Waals surface area contributed by atoms with E-state index in [4.69, 9.17) is 0 Å². The Labute approximate surface area is 96.1 Å². The van der Waals surface area contributed by atoms with Crippen molar-refractivity contribution in [3.8, 4) is 11.3 Å². The maximum Gasteiger partial charge on any atom is 0.267 e. The minimum Gasteiger partial charge on any atom is -0.268 e. The second-order valence-electron chi connectivity index (χ2n) is 3.81. The molecule has 0 amide bonds. The highest BCUT2D eigenvalue weighted by molar-refractivity contribution is 5.63. The molecule has 0 spiro atoms. The number of nitrogens with one attached hydrogen (secondary N) is 1. The van der Waals surface area contributed by atoms with E-state index >= 15 is 0 Å². The van der Waals surface area contributed by atoms with Gasteiger partial charge in [-0.2, -0.15) is 5.10 Å². The Balaban J connectivity index is 2.69. The molecule has 0 aliphatic rings. The fourth-order valence-corrected chi connectivity index (χ4v) is 1.59. The van der Waals surface area contributed by atoms with Crippen LogP contribution >= 0.6 is 0 Å². The summed E-state index contributed by atoms with van der Waals surface area (Å²) in [4.78, 5) is 11.3. The van der Waals surface area contributed by atoms with Crippen molar-refractivity contribution < 1.29 is 8.78 Å². The van der Waals surface area contributed by atoms with Crippen molar-refractivity contribution in [2.45, 2.75) is 13.8 Å². The Bertz CT molecular complexity index is 615. The van der Waals surface area contributed by atoms with Crippen LogP contribution in [0.15, 0.2) is 23.0 Å². The molecule has 1 N–H and O–H groups in total. The van der Waals surface area contributed by atoms with Crippen LogP contribution < -0.4 is 5.56 Å². The van der Waals surface area contributed by atoms with E-state index in [0.29, 0.717) is 22.4 Å². The summed E-state index contributed by atoms with van der Waals surface area (Å²) in [5.74, 6) is -1.35. The number of benzene rings is 1. The molecular formula is C12H10F2N2O. The molecule has 1 heterocycles. The number of aromatic nitrogens is 2. The van der Waals surface area contributed by atoms with Gasteiger partial charge in [0.1, 0.15) is 11.6 Å². The zero-order valence-corrected chi connectivity index (χ0v) is 9.34. The van der Waals surface area contributed by atoms with Crippen LogP contribution in [-0.4, -0.2) is 10.2 Å². The Hall–Kier alpha value is -2.04. The third-order valence-electron chi connectivity index (χ3n) is 2.66. The predicted molar refractivity (Wildman–Crippen MR) is 59.7 cm³/mol. The van der Waals surface area contributed by atoms with Crippen molar-refractivity contribution in [2.75, 3.05) is 0 Å². The lowest BCUT2D eigenvalue weighted by atomic mass is 10.0. The first-order chi connectivity index (χ1) is 7.99. The Morgan fingerprint density at radius 2 is 1.65 bits per heavy atom. The number of hydrogen-bond donors (Lipinski definition) is 1. The van der Waals surface area contributed by atoms with Crippen LogP contribution in [0.4, 0.5) is 8.78 Å². The number of halogens is 2. The van der Waals surface area contributed by atoms with Crippen LogP contribution in [0.2, 0.25) is 0 Å². The molecule has 0 aliphatic heterocycles. The average Bonchev–Trinajstić information content (AvgIpc) is 2.24. The second-order valence-corrected chi connectivity index (χ2v) is 3.81. The van der Waals surface area contributed by atoms with Gasteiger partial charge in [-0.1, -0.05) is 0 Å². The molecule has 0 unspecified atom stereocenters. The van der Waals surface area contributed by atoms with Gasteiger partial charge in [-0.15, -0.1) is 0 Å². The number of rotatable bonds is 1. The predicted octanol–water partition coefficient (Wildman–Crippen LogP) is 2.33. The fourth-order valence-electron chi connectivity index (χ4n) is 1.59. The third-order valence-corrected chi connectivity index (χ3v) is 2.66. The number of aromatic amines is 1. The molecule has 5 heteroatoms. The zero-order chi connectivity index (χ0) is 12.6. The van der Waals surface area contributed by atoms with Crippen molar-refractivity contribution in [3.63, 3.8) is 0 Å². The van der Waals surface area contributed by atoms with E-state index in [9.17, 15) is 13.6 Å². The summed E-state index contributed by atoms with van der Waals surface area (Å²) < 4.78 is 26.2. The smallest absolute Gasteiger partial charge is 0.267 e. The minimum absolute atomic E-state index is 0.303. The molecule has 17 heavy (non-hydrogen) atoms. The first kappa shape index (κ1) is 11.4. The first-order valence-electron chi connectivity index (χ1n) is 5.01. The fraction of sp³-hybridized carbons (Fsp3) is 0.167. The van der Waals surface area contributed by atoms with Gasteiger partial charge < -0.3 is 0 Å². The van der Waals surface area contributed by atoms with E-state index in [2.05, 4.69) is 10.2 Å². The van der Waals surface area contributed by atoms with Gasteiger partial charge in [0.2, 0.25) is 0 Å². The standard InChI is InChI=1S/C12H10F2N2O/c1-6-7(2)12(17)16-15-11(6)8-3-9(13)5-10(14)4-8/h3-5H,1-2H3,(H,16,17). The van der Waals surface area contributed by atoms with Gasteiger partial charge in [0.05, 0.1) is 5.69 Å². The molecule has 0 bridgehead atoms. The van der Waals surface area contributed by atoms with Gasteiger partial charge in [-0.3, -0.25) is 4.79 Å².